The Kier molecular flexibility index (Phi) is 5.33. The van der Waals surface area contributed by atoms with Gasteiger partial charge in [-0.15, -0.1) is 0 Å². The summed E-state index contributed by atoms with van der Waals surface area (Å²) >= 11 is 0. The number of nitrogens with zero attached hydrogens (tertiary/aromatic N) is 4. The number of nitrogens with one attached hydrogen (secondary N) is 1. The van der Waals surface area contributed by atoms with Gasteiger partial charge in [-0.25, -0.2) is 13.4 Å². The molecule has 0 saturated carbocycles. The first-order valence-corrected chi connectivity index (χ1v) is 11.4. The molecule has 0 aliphatic carbocycles. The molecule has 4 rings (SSSR count). The van der Waals surface area contributed by atoms with Gasteiger partial charge in [-0.2, -0.15) is 9.40 Å². The van der Waals surface area contributed by atoms with E-state index in [0.29, 0.717) is 30.3 Å². The first-order chi connectivity index (χ1) is 14.3. The third kappa shape index (κ3) is 3.82. The highest BCUT2D eigenvalue weighted by Crippen LogP contribution is 2.24. The molecule has 1 N–H and O–H groups in total. The lowest BCUT2D eigenvalue weighted by molar-refractivity contribution is 0.102. The van der Waals surface area contributed by atoms with Crippen LogP contribution in [-0.4, -0.2) is 46.5 Å². The Bertz CT molecular complexity index is 1190. The number of benzene rings is 1. The summed E-state index contributed by atoms with van der Waals surface area (Å²) in [6, 6.07) is 7.90. The number of carbonyl (C=O) groups is 1. The lowest BCUT2D eigenvalue weighted by Gasteiger charge is -2.29. The molecule has 3 heterocycles. The van der Waals surface area contributed by atoms with E-state index >= 15 is 0 Å². The molecule has 2 aromatic heterocycles. The molecule has 1 aromatic carbocycles. The fraction of sp³-hybridized carbons (Fsp3) is 0.381. The normalized spacial score (nSPS) is 16.1. The highest BCUT2D eigenvalue weighted by molar-refractivity contribution is 7.89. The van der Waals surface area contributed by atoms with Crippen molar-refractivity contribution in [2.24, 2.45) is 13.0 Å². The molecule has 30 heavy (non-hydrogen) atoms. The van der Waals surface area contributed by atoms with Crippen molar-refractivity contribution >= 4 is 32.7 Å². The summed E-state index contributed by atoms with van der Waals surface area (Å²) in [7, 11) is -1.71. The molecule has 0 spiro atoms. The predicted molar refractivity (Wildman–Crippen MR) is 115 cm³/mol. The number of rotatable bonds is 4. The van der Waals surface area contributed by atoms with Crippen LogP contribution in [0.15, 0.2) is 41.4 Å². The van der Waals surface area contributed by atoms with Crippen LogP contribution in [0.2, 0.25) is 0 Å². The summed E-state index contributed by atoms with van der Waals surface area (Å²) in [5.41, 5.74) is 2.51. The molecule has 158 valence electrons. The molecule has 1 amide bonds. The summed E-state index contributed by atoms with van der Waals surface area (Å²) in [5, 5.41) is 8.01. The van der Waals surface area contributed by atoms with Gasteiger partial charge in [0.15, 0.2) is 5.65 Å². The Morgan fingerprint density at radius 2 is 1.83 bits per heavy atom. The first-order valence-electron chi connectivity index (χ1n) is 9.96. The van der Waals surface area contributed by atoms with E-state index in [-0.39, 0.29) is 10.8 Å². The average molecular weight is 428 g/mol. The lowest BCUT2D eigenvalue weighted by atomic mass is 10.0. The van der Waals surface area contributed by atoms with Crippen LogP contribution in [0.5, 0.6) is 0 Å². The number of amides is 1. The molecule has 1 aliphatic rings. The second-order valence-electron chi connectivity index (χ2n) is 7.87. The van der Waals surface area contributed by atoms with E-state index in [1.807, 2.05) is 20.0 Å². The molecular formula is C21H25N5O3S. The molecule has 9 heteroatoms. The number of fused-ring (bicyclic) bond motifs is 1. The minimum Gasteiger partial charge on any atom is -0.321 e. The predicted octanol–water partition coefficient (Wildman–Crippen LogP) is 2.95. The van der Waals surface area contributed by atoms with Crippen LogP contribution >= 0.6 is 0 Å². The summed E-state index contributed by atoms with van der Waals surface area (Å²) in [4.78, 5) is 17.2. The zero-order valence-corrected chi connectivity index (χ0v) is 18.1. The number of hydrogen-bond donors (Lipinski definition) is 1. The first kappa shape index (κ1) is 20.5. The van der Waals surface area contributed by atoms with Crippen LogP contribution in [0.1, 0.15) is 35.8 Å². The van der Waals surface area contributed by atoms with Crippen LogP contribution in [0.25, 0.3) is 11.0 Å². The lowest BCUT2D eigenvalue weighted by Crippen LogP contribution is -2.37. The Balaban J connectivity index is 1.50. The van der Waals surface area contributed by atoms with Crippen molar-refractivity contribution < 1.29 is 13.2 Å². The Labute approximate surface area is 176 Å². The van der Waals surface area contributed by atoms with Gasteiger partial charge < -0.3 is 5.32 Å². The molecule has 8 nitrogen and oxygen atoms in total. The van der Waals surface area contributed by atoms with Crippen molar-refractivity contribution in [1.82, 2.24) is 19.1 Å². The molecule has 1 fully saturated rings. The van der Waals surface area contributed by atoms with Gasteiger partial charge in [0.2, 0.25) is 10.0 Å². The van der Waals surface area contributed by atoms with Gasteiger partial charge in [-0.1, -0.05) is 6.92 Å². The number of anilines is 1. The zero-order chi connectivity index (χ0) is 21.5. The van der Waals surface area contributed by atoms with E-state index in [0.717, 1.165) is 29.6 Å². The Morgan fingerprint density at radius 3 is 2.50 bits per heavy atom. The number of aromatic nitrogens is 3. The van der Waals surface area contributed by atoms with Crippen LogP contribution in [0, 0.1) is 12.8 Å². The van der Waals surface area contributed by atoms with Crippen LogP contribution in [0.4, 0.5) is 5.69 Å². The molecule has 0 unspecified atom stereocenters. The standard InChI is InChI=1S/C21H25N5O3S/c1-14-8-10-26(11-9-14)30(28,29)18-6-4-16(5-7-18)21(27)23-17-12-19-15(2)24-25(3)20(19)22-13-17/h4-7,12-14H,8-11H2,1-3H3,(H,23,27). The Hall–Kier alpha value is -2.78. The molecule has 1 saturated heterocycles. The molecule has 3 aromatic rings. The van der Waals surface area contributed by atoms with Crippen LogP contribution in [0.3, 0.4) is 0 Å². The average Bonchev–Trinajstić information content (AvgIpc) is 3.01. The molecule has 0 atom stereocenters. The highest BCUT2D eigenvalue weighted by atomic mass is 32.2. The van der Waals surface area contributed by atoms with Gasteiger partial charge >= 0.3 is 0 Å². The third-order valence-corrected chi connectivity index (χ3v) is 7.53. The quantitative estimate of drug-likeness (QED) is 0.690. The van der Waals surface area contributed by atoms with Crippen molar-refractivity contribution in [2.75, 3.05) is 18.4 Å². The second kappa shape index (κ2) is 7.81. The van der Waals surface area contributed by atoms with E-state index in [4.69, 9.17) is 0 Å². The van der Waals surface area contributed by atoms with Gasteiger partial charge in [0.1, 0.15) is 0 Å². The van der Waals surface area contributed by atoms with Gasteiger partial charge in [0.05, 0.1) is 22.5 Å². The summed E-state index contributed by atoms with van der Waals surface area (Å²) in [6.07, 6.45) is 3.32. The fourth-order valence-corrected chi connectivity index (χ4v) is 5.20. The van der Waals surface area contributed by atoms with Gasteiger partial charge in [0, 0.05) is 31.1 Å². The van der Waals surface area contributed by atoms with Crippen molar-refractivity contribution in [3.05, 3.63) is 47.8 Å². The van der Waals surface area contributed by atoms with Gasteiger partial charge in [-0.3, -0.25) is 9.48 Å². The topological polar surface area (TPSA) is 97.2 Å². The maximum atomic E-state index is 12.8. The van der Waals surface area contributed by atoms with Crippen molar-refractivity contribution in [3.63, 3.8) is 0 Å². The number of hydrogen-bond acceptors (Lipinski definition) is 5. The summed E-state index contributed by atoms with van der Waals surface area (Å²) in [5.74, 6) is 0.222. The van der Waals surface area contributed by atoms with Crippen molar-refractivity contribution in [1.29, 1.82) is 0 Å². The maximum Gasteiger partial charge on any atom is 0.255 e. The summed E-state index contributed by atoms with van der Waals surface area (Å²) in [6.45, 7) is 5.10. The van der Waals surface area contributed by atoms with E-state index < -0.39 is 10.0 Å². The Morgan fingerprint density at radius 1 is 1.17 bits per heavy atom. The zero-order valence-electron chi connectivity index (χ0n) is 17.3. The van der Waals surface area contributed by atoms with Gasteiger partial charge in [0.25, 0.3) is 5.91 Å². The number of carbonyl (C=O) groups excluding carboxylic acids is 1. The molecule has 0 bridgehead atoms. The third-order valence-electron chi connectivity index (χ3n) is 5.62. The highest BCUT2D eigenvalue weighted by Gasteiger charge is 2.28. The van der Waals surface area contributed by atoms with Crippen LogP contribution < -0.4 is 5.32 Å². The smallest absolute Gasteiger partial charge is 0.255 e. The van der Waals surface area contributed by atoms with Crippen molar-refractivity contribution in [3.8, 4) is 0 Å². The van der Waals surface area contributed by atoms with E-state index in [9.17, 15) is 13.2 Å². The summed E-state index contributed by atoms with van der Waals surface area (Å²) < 4.78 is 28.9. The maximum absolute atomic E-state index is 12.8. The number of pyridine rings is 1. The van der Waals surface area contributed by atoms with Gasteiger partial charge in [-0.05, 0) is 56.0 Å². The van der Waals surface area contributed by atoms with E-state index in [2.05, 4.69) is 22.3 Å². The van der Waals surface area contributed by atoms with E-state index in [1.165, 1.54) is 28.6 Å². The number of piperidine rings is 1. The van der Waals surface area contributed by atoms with E-state index in [1.54, 1.807) is 10.9 Å². The molecule has 1 aliphatic heterocycles. The van der Waals surface area contributed by atoms with Crippen molar-refractivity contribution in [2.45, 2.75) is 31.6 Å². The SMILES string of the molecule is Cc1nn(C)c2ncc(NC(=O)c3ccc(S(=O)(=O)N4CCC(C)CC4)cc3)cc12. The molecule has 0 radical (unpaired) electrons. The number of aryl methyl sites for hydroxylation is 2. The number of sulfonamides is 1. The molecular weight excluding hydrogens is 402 g/mol. The minimum atomic E-state index is -3.53. The van der Waals surface area contributed by atoms with Crippen LogP contribution in [-0.2, 0) is 17.1 Å². The minimum absolute atomic E-state index is 0.211. The second-order valence-corrected chi connectivity index (χ2v) is 9.81. The fourth-order valence-electron chi connectivity index (χ4n) is 3.73. The monoisotopic (exact) mass is 427 g/mol. The largest absolute Gasteiger partial charge is 0.321 e.